The van der Waals surface area contributed by atoms with E-state index in [1.807, 2.05) is 0 Å². The zero-order chi connectivity index (χ0) is 19.1. The summed E-state index contributed by atoms with van der Waals surface area (Å²) in [5, 5.41) is 23.3. The predicted molar refractivity (Wildman–Crippen MR) is 95.9 cm³/mol. The molecule has 2 aromatic rings. The van der Waals surface area contributed by atoms with Crippen molar-refractivity contribution in [3.63, 3.8) is 0 Å². The van der Waals surface area contributed by atoms with Gasteiger partial charge in [-0.25, -0.2) is 0 Å². The number of hydrogen-bond donors (Lipinski definition) is 2. The fraction of sp³-hybridized carbons (Fsp3) is 0.278. The number of para-hydroxylation sites is 1. The maximum absolute atomic E-state index is 12.1. The lowest BCUT2D eigenvalue weighted by Gasteiger charge is -2.17. The summed E-state index contributed by atoms with van der Waals surface area (Å²) in [7, 11) is 3.25. The van der Waals surface area contributed by atoms with Crippen molar-refractivity contribution in [1.29, 1.82) is 0 Å². The van der Waals surface area contributed by atoms with E-state index >= 15 is 0 Å². The monoisotopic (exact) mass is 359 g/mol. The van der Waals surface area contributed by atoms with Gasteiger partial charge in [0.1, 0.15) is 0 Å². The average Bonchev–Trinajstić information content (AvgIpc) is 2.61. The van der Waals surface area contributed by atoms with E-state index in [-0.39, 0.29) is 30.4 Å². The number of amides is 1. The Morgan fingerprint density at radius 1 is 1.31 bits per heavy atom. The third-order valence-electron chi connectivity index (χ3n) is 3.77. The van der Waals surface area contributed by atoms with Crippen LogP contribution in [0.2, 0.25) is 0 Å². The van der Waals surface area contributed by atoms with Crippen LogP contribution in [0.5, 0.6) is 11.5 Å². The third-order valence-corrected chi connectivity index (χ3v) is 3.77. The van der Waals surface area contributed by atoms with Crippen molar-refractivity contribution < 1.29 is 19.6 Å². The molecule has 0 radical (unpaired) electrons. The first-order chi connectivity index (χ1) is 12.4. The summed E-state index contributed by atoms with van der Waals surface area (Å²) in [6, 6.07) is 11.3. The van der Waals surface area contributed by atoms with E-state index in [0.717, 1.165) is 5.56 Å². The molecule has 0 saturated heterocycles. The molecule has 0 fully saturated rings. The number of methoxy groups -OCH3 is 1. The highest BCUT2D eigenvalue weighted by Gasteiger charge is 2.14. The van der Waals surface area contributed by atoms with E-state index < -0.39 is 4.92 Å². The first-order valence-corrected chi connectivity index (χ1v) is 7.94. The summed E-state index contributed by atoms with van der Waals surface area (Å²) in [4.78, 5) is 24.4. The number of likely N-dealkylation sites (N-methyl/N-ethyl adjacent to an activating group) is 1. The van der Waals surface area contributed by atoms with Crippen LogP contribution in [-0.2, 0) is 17.9 Å². The predicted octanol–water partition coefficient (Wildman–Crippen LogP) is 2.06. The second-order valence-electron chi connectivity index (χ2n) is 5.84. The van der Waals surface area contributed by atoms with Gasteiger partial charge in [-0.2, -0.15) is 0 Å². The Morgan fingerprint density at radius 3 is 2.73 bits per heavy atom. The number of rotatable bonds is 8. The van der Waals surface area contributed by atoms with E-state index in [1.54, 1.807) is 42.3 Å². The number of hydrogen-bond acceptors (Lipinski definition) is 6. The Kier molecular flexibility index (Phi) is 6.51. The summed E-state index contributed by atoms with van der Waals surface area (Å²) in [5.41, 5.74) is 1.32. The number of ether oxygens (including phenoxy) is 1. The summed E-state index contributed by atoms with van der Waals surface area (Å²) in [6.07, 6.45) is 0. The van der Waals surface area contributed by atoms with E-state index in [2.05, 4.69) is 5.32 Å². The number of nitrogens with one attached hydrogen (secondary N) is 1. The average molecular weight is 359 g/mol. The molecule has 0 heterocycles. The molecular weight excluding hydrogens is 338 g/mol. The van der Waals surface area contributed by atoms with Crippen molar-refractivity contribution in [1.82, 2.24) is 10.2 Å². The number of phenols is 1. The summed E-state index contributed by atoms with van der Waals surface area (Å²) in [5.74, 6) is 0.189. The molecule has 0 bridgehead atoms. The minimum absolute atomic E-state index is 0.0163. The molecule has 2 aromatic carbocycles. The van der Waals surface area contributed by atoms with Gasteiger partial charge in [0.05, 0.1) is 18.6 Å². The van der Waals surface area contributed by atoms with Crippen LogP contribution in [0, 0.1) is 10.1 Å². The quantitative estimate of drug-likeness (QED) is 0.552. The molecule has 1 amide bonds. The second kappa shape index (κ2) is 8.82. The van der Waals surface area contributed by atoms with Crippen LogP contribution in [0.4, 0.5) is 5.69 Å². The number of nitro groups is 1. The first kappa shape index (κ1) is 19.2. The Hall–Kier alpha value is -3.13. The number of carbonyl (C=O) groups is 1. The number of aromatic hydroxyl groups is 1. The molecule has 138 valence electrons. The number of nitro benzene ring substituents is 1. The zero-order valence-electron chi connectivity index (χ0n) is 14.6. The molecule has 8 nitrogen and oxygen atoms in total. The minimum atomic E-state index is -0.466. The summed E-state index contributed by atoms with van der Waals surface area (Å²) in [6.45, 7) is 0.705. The Balaban J connectivity index is 1.89. The molecule has 0 spiro atoms. The molecule has 26 heavy (non-hydrogen) atoms. The highest BCUT2D eigenvalue weighted by atomic mass is 16.6. The van der Waals surface area contributed by atoms with Crippen molar-refractivity contribution in [3.8, 4) is 11.5 Å². The largest absolute Gasteiger partial charge is 0.504 e. The number of nitrogens with zero attached hydrogens (tertiary/aromatic N) is 2. The zero-order valence-corrected chi connectivity index (χ0v) is 14.6. The maximum Gasteiger partial charge on any atom is 0.274 e. The summed E-state index contributed by atoms with van der Waals surface area (Å²) >= 11 is 0. The smallest absolute Gasteiger partial charge is 0.274 e. The number of phenolic OH excluding ortho intramolecular Hbond substituents is 1. The molecular formula is C18H21N3O5. The molecule has 8 heteroatoms. The Labute approximate surface area is 151 Å². The van der Waals surface area contributed by atoms with Gasteiger partial charge in [0, 0.05) is 24.7 Å². The molecule has 2 rings (SSSR count). The molecule has 0 aliphatic carbocycles. The highest BCUT2D eigenvalue weighted by Crippen LogP contribution is 2.26. The van der Waals surface area contributed by atoms with Gasteiger partial charge < -0.3 is 15.2 Å². The number of carbonyl (C=O) groups excluding carboxylic acids is 1. The van der Waals surface area contributed by atoms with Gasteiger partial charge >= 0.3 is 0 Å². The highest BCUT2D eigenvalue weighted by molar-refractivity contribution is 5.78. The standard InChI is InChI=1S/C18H21N3O5/c1-20(11-13-7-8-16(22)17(9-13)26-2)12-18(23)19-10-14-5-3-4-6-15(14)21(24)25/h3-9,22H,10-12H2,1-2H3,(H,19,23). The molecule has 2 N–H and O–H groups in total. The molecule has 0 aliphatic heterocycles. The van der Waals surface area contributed by atoms with Crippen LogP contribution >= 0.6 is 0 Å². The fourth-order valence-corrected chi connectivity index (χ4v) is 2.52. The van der Waals surface area contributed by atoms with Gasteiger partial charge in [0.2, 0.25) is 5.91 Å². The summed E-state index contributed by atoms with van der Waals surface area (Å²) < 4.78 is 5.06. The fourth-order valence-electron chi connectivity index (χ4n) is 2.52. The molecule has 0 aromatic heterocycles. The van der Waals surface area contributed by atoms with Crippen LogP contribution in [-0.4, -0.2) is 41.5 Å². The Morgan fingerprint density at radius 2 is 2.04 bits per heavy atom. The van der Waals surface area contributed by atoms with Crippen molar-refractivity contribution >= 4 is 11.6 Å². The molecule has 0 atom stereocenters. The molecule has 0 aliphatic rings. The van der Waals surface area contributed by atoms with Crippen LogP contribution in [0.1, 0.15) is 11.1 Å². The van der Waals surface area contributed by atoms with Crippen molar-refractivity contribution in [3.05, 3.63) is 63.7 Å². The van der Waals surface area contributed by atoms with Crippen molar-refractivity contribution in [2.45, 2.75) is 13.1 Å². The Bertz CT molecular complexity index is 794. The molecule has 0 saturated carbocycles. The van der Waals surface area contributed by atoms with E-state index in [0.29, 0.717) is 17.9 Å². The SMILES string of the molecule is COc1cc(CN(C)CC(=O)NCc2ccccc2[N+](=O)[O-])ccc1O. The van der Waals surface area contributed by atoms with Crippen LogP contribution in [0.15, 0.2) is 42.5 Å². The van der Waals surface area contributed by atoms with Crippen LogP contribution < -0.4 is 10.1 Å². The van der Waals surface area contributed by atoms with Gasteiger partial charge in [-0.15, -0.1) is 0 Å². The second-order valence-corrected chi connectivity index (χ2v) is 5.84. The lowest BCUT2D eigenvalue weighted by molar-refractivity contribution is -0.385. The van der Waals surface area contributed by atoms with Gasteiger partial charge in [-0.1, -0.05) is 24.3 Å². The van der Waals surface area contributed by atoms with Crippen LogP contribution in [0.3, 0.4) is 0 Å². The van der Waals surface area contributed by atoms with Gasteiger partial charge in [0.25, 0.3) is 5.69 Å². The topological polar surface area (TPSA) is 105 Å². The normalized spacial score (nSPS) is 10.6. The van der Waals surface area contributed by atoms with Crippen molar-refractivity contribution in [2.75, 3.05) is 20.7 Å². The van der Waals surface area contributed by atoms with E-state index in [9.17, 15) is 20.0 Å². The van der Waals surface area contributed by atoms with E-state index in [4.69, 9.17) is 4.74 Å². The maximum atomic E-state index is 12.1. The van der Waals surface area contributed by atoms with E-state index in [1.165, 1.54) is 19.2 Å². The third kappa shape index (κ3) is 5.18. The van der Waals surface area contributed by atoms with Crippen LogP contribution in [0.25, 0.3) is 0 Å². The molecule has 0 unspecified atom stereocenters. The van der Waals surface area contributed by atoms with Gasteiger partial charge in [-0.3, -0.25) is 19.8 Å². The lowest BCUT2D eigenvalue weighted by Crippen LogP contribution is -2.34. The number of benzene rings is 2. The van der Waals surface area contributed by atoms with Crippen molar-refractivity contribution in [2.24, 2.45) is 0 Å². The minimum Gasteiger partial charge on any atom is -0.504 e. The van der Waals surface area contributed by atoms with Gasteiger partial charge in [0.15, 0.2) is 11.5 Å². The first-order valence-electron chi connectivity index (χ1n) is 7.94. The van der Waals surface area contributed by atoms with Gasteiger partial charge in [-0.05, 0) is 24.7 Å². The lowest BCUT2D eigenvalue weighted by atomic mass is 10.2.